The van der Waals surface area contributed by atoms with E-state index in [2.05, 4.69) is 41.6 Å². The average Bonchev–Trinajstić information content (AvgIpc) is 3.14. The lowest BCUT2D eigenvalue weighted by Gasteiger charge is -2.30. The van der Waals surface area contributed by atoms with E-state index >= 15 is 0 Å². The second-order valence-electron chi connectivity index (χ2n) is 9.55. The fraction of sp³-hybridized carbons (Fsp3) is 0.161. The number of carbonyl (C=O) groups excluding carboxylic acids is 1. The van der Waals surface area contributed by atoms with Crippen molar-refractivity contribution in [2.75, 3.05) is 22.6 Å². The van der Waals surface area contributed by atoms with Gasteiger partial charge < -0.3 is 10.6 Å². The number of benzene rings is 2. The summed E-state index contributed by atoms with van der Waals surface area (Å²) in [6.45, 7) is 3.87. The molecule has 0 spiro atoms. The first-order chi connectivity index (χ1) is 19.5. The number of aromatic nitrogens is 5. The van der Waals surface area contributed by atoms with Crippen LogP contribution in [0.2, 0.25) is 0 Å². The van der Waals surface area contributed by atoms with Gasteiger partial charge in [0.15, 0.2) is 5.82 Å². The van der Waals surface area contributed by atoms with Crippen molar-refractivity contribution in [2.24, 2.45) is 0 Å². The zero-order valence-electron chi connectivity index (χ0n) is 22.5. The second kappa shape index (κ2) is 10.5. The van der Waals surface area contributed by atoms with Crippen LogP contribution in [0.5, 0.6) is 0 Å². The molecule has 1 aliphatic rings. The summed E-state index contributed by atoms with van der Waals surface area (Å²) in [6.07, 6.45) is 7.96. The fourth-order valence-electron chi connectivity index (χ4n) is 5.00. The number of fused-ring (bicyclic) bond motifs is 2. The molecule has 0 saturated heterocycles. The number of nitrogens with zero attached hydrogens (tertiary/aromatic N) is 6. The second-order valence-corrected chi connectivity index (χ2v) is 9.55. The Bertz CT molecular complexity index is 1730. The van der Waals surface area contributed by atoms with Gasteiger partial charge in [-0.3, -0.25) is 14.7 Å². The molecule has 0 bridgehead atoms. The number of pyridine rings is 1. The van der Waals surface area contributed by atoms with Crippen LogP contribution < -0.4 is 15.5 Å². The molecule has 3 aromatic heterocycles. The van der Waals surface area contributed by atoms with Crippen molar-refractivity contribution < 1.29 is 4.79 Å². The standard InChI is InChI=1S/C31H28N8O/c1-19(36-29-28-25(13-8-16-33-28)37-31(32-3)38-29)26-15-14-21-9-7-12-24(22-17-34-20(2)35-18-22)27(21)30(40)39(26)23-10-5-4-6-11-23/h4-13,15-19H,14H2,1-3H3,(H2,32,36,37,38)/t19-/m0/s1. The number of hydrogen-bond donors (Lipinski definition) is 2. The Balaban J connectivity index is 1.45. The number of carbonyl (C=O) groups is 1. The molecule has 9 nitrogen and oxygen atoms in total. The quantitative estimate of drug-likeness (QED) is 0.301. The SMILES string of the molecule is CNc1nc(N[C@@H](C)C2=CCc3cccc(-c4cnc(C)nc4)c3C(=O)N2c2ccccc2)c2ncccc2n1. The molecule has 0 saturated carbocycles. The summed E-state index contributed by atoms with van der Waals surface area (Å²) >= 11 is 0. The number of nitrogens with one attached hydrogen (secondary N) is 2. The molecule has 4 heterocycles. The van der Waals surface area contributed by atoms with Gasteiger partial charge in [-0.25, -0.2) is 15.0 Å². The van der Waals surface area contributed by atoms with Gasteiger partial charge in [0.25, 0.3) is 5.91 Å². The van der Waals surface area contributed by atoms with Crippen LogP contribution in [-0.4, -0.2) is 43.9 Å². The zero-order valence-corrected chi connectivity index (χ0v) is 22.5. The molecule has 0 aliphatic carbocycles. The number of hydrogen-bond acceptors (Lipinski definition) is 8. The van der Waals surface area contributed by atoms with Crippen LogP contribution in [0.15, 0.2) is 91.0 Å². The zero-order chi connectivity index (χ0) is 27.6. The maximum absolute atomic E-state index is 14.5. The first-order valence-electron chi connectivity index (χ1n) is 13.1. The number of rotatable bonds is 6. The number of amides is 1. The highest BCUT2D eigenvalue weighted by atomic mass is 16.2. The van der Waals surface area contributed by atoms with Crippen molar-refractivity contribution in [3.05, 3.63) is 108 Å². The molecular weight excluding hydrogens is 500 g/mol. The lowest BCUT2D eigenvalue weighted by atomic mass is 9.95. The Labute approximate surface area is 232 Å². The summed E-state index contributed by atoms with van der Waals surface area (Å²) in [4.78, 5) is 38.8. The van der Waals surface area contributed by atoms with Crippen LogP contribution in [0.25, 0.3) is 22.2 Å². The first-order valence-corrected chi connectivity index (χ1v) is 13.1. The third kappa shape index (κ3) is 4.62. The Morgan fingerprint density at radius 1 is 0.925 bits per heavy atom. The summed E-state index contributed by atoms with van der Waals surface area (Å²) in [7, 11) is 1.78. The van der Waals surface area contributed by atoms with Gasteiger partial charge in [-0.1, -0.05) is 42.5 Å². The normalized spacial score (nSPS) is 13.8. The van der Waals surface area contributed by atoms with Crippen molar-refractivity contribution in [1.29, 1.82) is 0 Å². The molecule has 40 heavy (non-hydrogen) atoms. The third-order valence-electron chi connectivity index (χ3n) is 6.94. The molecule has 0 unspecified atom stereocenters. The molecule has 1 aliphatic heterocycles. The van der Waals surface area contributed by atoms with Gasteiger partial charge in [0.05, 0.1) is 17.1 Å². The summed E-state index contributed by atoms with van der Waals surface area (Å²) in [5.41, 5.74) is 6.16. The van der Waals surface area contributed by atoms with Gasteiger partial charge in [-0.05, 0) is 55.7 Å². The van der Waals surface area contributed by atoms with E-state index in [0.717, 1.165) is 33.6 Å². The van der Waals surface area contributed by atoms with E-state index in [9.17, 15) is 4.79 Å². The smallest absolute Gasteiger partial charge is 0.263 e. The molecule has 6 rings (SSSR count). The maximum atomic E-state index is 14.5. The third-order valence-corrected chi connectivity index (χ3v) is 6.94. The minimum absolute atomic E-state index is 0.114. The Hall–Kier alpha value is -5.18. The fourth-order valence-corrected chi connectivity index (χ4v) is 5.00. The van der Waals surface area contributed by atoms with E-state index in [4.69, 9.17) is 0 Å². The molecule has 198 valence electrons. The molecule has 9 heteroatoms. The van der Waals surface area contributed by atoms with E-state index in [-0.39, 0.29) is 11.9 Å². The van der Waals surface area contributed by atoms with E-state index in [1.807, 2.05) is 74.5 Å². The van der Waals surface area contributed by atoms with Crippen LogP contribution in [-0.2, 0) is 6.42 Å². The highest BCUT2D eigenvalue weighted by Gasteiger charge is 2.31. The van der Waals surface area contributed by atoms with Crippen LogP contribution in [0, 0.1) is 6.92 Å². The molecule has 1 atom stereocenters. The Morgan fingerprint density at radius 3 is 2.50 bits per heavy atom. The van der Waals surface area contributed by atoms with Gasteiger partial charge in [0.1, 0.15) is 11.3 Å². The lowest BCUT2D eigenvalue weighted by Crippen LogP contribution is -2.37. The lowest BCUT2D eigenvalue weighted by molar-refractivity contribution is 0.0994. The summed E-state index contributed by atoms with van der Waals surface area (Å²) in [5, 5.41) is 6.54. The first kappa shape index (κ1) is 25.1. The van der Waals surface area contributed by atoms with Crippen LogP contribution in [0.1, 0.15) is 28.7 Å². The molecule has 0 fully saturated rings. The van der Waals surface area contributed by atoms with Gasteiger partial charge in [0, 0.05) is 42.6 Å². The summed E-state index contributed by atoms with van der Waals surface area (Å²) in [5.74, 6) is 1.64. The highest BCUT2D eigenvalue weighted by Crippen LogP contribution is 2.35. The molecular formula is C31H28N8O. The van der Waals surface area contributed by atoms with Gasteiger partial charge in [-0.15, -0.1) is 0 Å². The highest BCUT2D eigenvalue weighted by molar-refractivity contribution is 6.13. The van der Waals surface area contributed by atoms with Crippen LogP contribution in [0.4, 0.5) is 17.5 Å². The van der Waals surface area contributed by atoms with Crippen molar-refractivity contribution in [1.82, 2.24) is 24.9 Å². The van der Waals surface area contributed by atoms with Crippen molar-refractivity contribution in [3.8, 4) is 11.1 Å². The molecule has 5 aromatic rings. The van der Waals surface area contributed by atoms with E-state index in [0.29, 0.717) is 35.1 Å². The molecule has 1 amide bonds. The molecule has 0 radical (unpaired) electrons. The number of allylic oxidation sites excluding steroid dienone is 1. The molecule has 2 aromatic carbocycles. The predicted octanol–water partition coefficient (Wildman–Crippen LogP) is 5.42. The topological polar surface area (TPSA) is 109 Å². The van der Waals surface area contributed by atoms with E-state index < -0.39 is 0 Å². The number of aryl methyl sites for hydroxylation is 1. The Kier molecular flexibility index (Phi) is 6.61. The monoisotopic (exact) mass is 528 g/mol. The van der Waals surface area contributed by atoms with Gasteiger partial charge in [-0.2, -0.15) is 4.98 Å². The maximum Gasteiger partial charge on any atom is 0.263 e. The predicted molar refractivity (Wildman–Crippen MR) is 157 cm³/mol. The van der Waals surface area contributed by atoms with Crippen molar-refractivity contribution >= 4 is 34.4 Å². The number of para-hydroxylation sites is 1. The van der Waals surface area contributed by atoms with E-state index in [1.54, 1.807) is 30.5 Å². The summed E-state index contributed by atoms with van der Waals surface area (Å²) in [6, 6.07) is 19.1. The van der Waals surface area contributed by atoms with Crippen molar-refractivity contribution in [2.45, 2.75) is 26.3 Å². The van der Waals surface area contributed by atoms with Crippen LogP contribution >= 0.6 is 0 Å². The molecule has 2 N–H and O–H groups in total. The summed E-state index contributed by atoms with van der Waals surface area (Å²) < 4.78 is 0. The van der Waals surface area contributed by atoms with Gasteiger partial charge in [0.2, 0.25) is 5.95 Å². The van der Waals surface area contributed by atoms with Crippen molar-refractivity contribution in [3.63, 3.8) is 0 Å². The van der Waals surface area contributed by atoms with Crippen LogP contribution in [0.3, 0.4) is 0 Å². The minimum atomic E-state index is -0.297. The van der Waals surface area contributed by atoms with Gasteiger partial charge >= 0.3 is 0 Å². The largest absolute Gasteiger partial charge is 0.360 e. The minimum Gasteiger partial charge on any atom is -0.360 e. The Morgan fingerprint density at radius 2 is 1.73 bits per heavy atom. The average molecular weight is 529 g/mol. The number of anilines is 3. The van der Waals surface area contributed by atoms with E-state index in [1.165, 1.54) is 0 Å².